The zero-order valence-electron chi connectivity index (χ0n) is 9.66. The minimum atomic E-state index is -4.40. The van der Waals surface area contributed by atoms with Gasteiger partial charge in [0.2, 0.25) is 10.0 Å². The Labute approximate surface area is 125 Å². The molecule has 0 aliphatic carbocycles. The molecule has 0 radical (unpaired) electrons. The van der Waals surface area contributed by atoms with E-state index in [1.54, 1.807) is 11.4 Å². The Balaban J connectivity index is 2.27. The fourth-order valence-electron chi connectivity index (χ4n) is 1.47. The lowest BCUT2D eigenvalue weighted by molar-refractivity contribution is 0.494. The summed E-state index contributed by atoms with van der Waals surface area (Å²) >= 11 is 4.48. The second-order valence-electron chi connectivity index (χ2n) is 3.75. The predicted molar refractivity (Wildman–Crippen MR) is 72.4 cm³/mol. The van der Waals surface area contributed by atoms with E-state index >= 15 is 0 Å². The zero-order valence-corrected chi connectivity index (χ0v) is 12.9. The van der Waals surface area contributed by atoms with Gasteiger partial charge in [-0.2, -0.15) is 0 Å². The van der Waals surface area contributed by atoms with Crippen LogP contribution in [-0.4, -0.2) is 8.42 Å². The van der Waals surface area contributed by atoms with Gasteiger partial charge in [0.15, 0.2) is 4.90 Å². The van der Waals surface area contributed by atoms with Crippen LogP contribution in [0.4, 0.5) is 13.2 Å². The third-order valence-corrected chi connectivity index (χ3v) is 5.44. The van der Waals surface area contributed by atoms with Crippen LogP contribution in [0.3, 0.4) is 0 Å². The highest BCUT2D eigenvalue weighted by Crippen LogP contribution is 2.22. The standard InChI is InChI=1S/C11H7BrF3NO2S2/c12-6-1-8(19-5-6)4-16-20(17,18)11-9(14)2-7(13)3-10(11)15/h1-3,5,16H,4H2. The fourth-order valence-corrected chi connectivity index (χ4v) is 4.07. The molecular weight excluding hydrogens is 379 g/mol. The highest BCUT2D eigenvalue weighted by Gasteiger charge is 2.25. The number of halogens is 4. The van der Waals surface area contributed by atoms with E-state index in [2.05, 4.69) is 20.7 Å². The van der Waals surface area contributed by atoms with Gasteiger partial charge in [-0.1, -0.05) is 0 Å². The summed E-state index contributed by atoms with van der Waals surface area (Å²) in [5.41, 5.74) is 0. The molecule has 0 unspecified atom stereocenters. The Bertz CT molecular complexity index is 723. The molecule has 0 aliphatic rings. The van der Waals surface area contributed by atoms with Crippen molar-refractivity contribution in [3.8, 4) is 0 Å². The number of nitrogens with one attached hydrogen (secondary N) is 1. The lowest BCUT2D eigenvalue weighted by Crippen LogP contribution is -2.25. The van der Waals surface area contributed by atoms with Crippen molar-refractivity contribution < 1.29 is 21.6 Å². The van der Waals surface area contributed by atoms with Crippen molar-refractivity contribution in [2.45, 2.75) is 11.4 Å². The monoisotopic (exact) mass is 385 g/mol. The van der Waals surface area contributed by atoms with E-state index in [0.29, 0.717) is 17.0 Å². The highest BCUT2D eigenvalue weighted by atomic mass is 79.9. The van der Waals surface area contributed by atoms with Crippen LogP contribution in [0.1, 0.15) is 4.88 Å². The van der Waals surface area contributed by atoms with Gasteiger partial charge in [-0.15, -0.1) is 11.3 Å². The Morgan fingerprint density at radius 3 is 2.25 bits per heavy atom. The van der Waals surface area contributed by atoms with E-state index in [9.17, 15) is 21.6 Å². The van der Waals surface area contributed by atoms with Gasteiger partial charge < -0.3 is 0 Å². The molecule has 20 heavy (non-hydrogen) atoms. The van der Waals surface area contributed by atoms with Gasteiger partial charge >= 0.3 is 0 Å². The number of rotatable bonds is 4. The van der Waals surface area contributed by atoms with Gasteiger partial charge in [0.05, 0.1) is 0 Å². The van der Waals surface area contributed by atoms with Crippen LogP contribution < -0.4 is 4.72 Å². The molecular formula is C11H7BrF3NO2S2. The number of sulfonamides is 1. The summed E-state index contributed by atoms with van der Waals surface area (Å²) in [7, 11) is -4.40. The number of thiophene rings is 1. The van der Waals surface area contributed by atoms with Gasteiger partial charge in [-0.3, -0.25) is 0 Å². The van der Waals surface area contributed by atoms with Gasteiger partial charge in [0.1, 0.15) is 17.5 Å². The van der Waals surface area contributed by atoms with Crippen molar-refractivity contribution in [1.29, 1.82) is 0 Å². The zero-order chi connectivity index (χ0) is 14.9. The second-order valence-corrected chi connectivity index (χ2v) is 7.37. The summed E-state index contributed by atoms with van der Waals surface area (Å²) in [4.78, 5) is -0.530. The Morgan fingerprint density at radius 1 is 1.15 bits per heavy atom. The third-order valence-electron chi connectivity index (χ3n) is 2.29. The Kier molecular flexibility index (Phi) is 4.52. The third kappa shape index (κ3) is 3.40. The minimum Gasteiger partial charge on any atom is -0.207 e. The topological polar surface area (TPSA) is 46.2 Å². The summed E-state index contributed by atoms with van der Waals surface area (Å²) in [6.45, 7) is -0.116. The molecule has 0 bridgehead atoms. The molecule has 0 saturated heterocycles. The number of benzene rings is 1. The van der Waals surface area contributed by atoms with Crippen LogP contribution in [0.2, 0.25) is 0 Å². The number of hydrogen-bond acceptors (Lipinski definition) is 3. The van der Waals surface area contributed by atoms with E-state index in [0.717, 1.165) is 4.47 Å². The molecule has 0 spiro atoms. The van der Waals surface area contributed by atoms with Gasteiger partial charge in [0.25, 0.3) is 0 Å². The maximum absolute atomic E-state index is 13.4. The highest BCUT2D eigenvalue weighted by molar-refractivity contribution is 9.10. The first-order valence-corrected chi connectivity index (χ1v) is 8.32. The van der Waals surface area contributed by atoms with Crippen LogP contribution in [0, 0.1) is 17.5 Å². The summed E-state index contributed by atoms with van der Waals surface area (Å²) in [6.07, 6.45) is 0. The molecule has 9 heteroatoms. The molecule has 1 N–H and O–H groups in total. The molecule has 2 aromatic rings. The quantitative estimate of drug-likeness (QED) is 0.876. The molecule has 0 fully saturated rings. The fraction of sp³-hybridized carbons (Fsp3) is 0.0909. The average molecular weight is 386 g/mol. The lowest BCUT2D eigenvalue weighted by atomic mass is 10.3. The Hall–Kier alpha value is -0.900. The molecule has 0 atom stereocenters. The molecule has 1 heterocycles. The normalized spacial score (nSPS) is 11.8. The second kappa shape index (κ2) is 5.84. The smallest absolute Gasteiger partial charge is 0.207 e. The first kappa shape index (κ1) is 15.5. The van der Waals surface area contributed by atoms with E-state index in [-0.39, 0.29) is 6.54 Å². The van der Waals surface area contributed by atoms with Gasteiger partial charge in [-0.05, 0) is 22.0 Å². The first-order valence-electron chi connectivity index (χ1n) is 5.17. The molecule has 1 aromatic carbocycles. The molecule has 3 nitrogen and oxygen atoms in total. The van der Waals surface area contributed by atoms with Crippen LogP contribution in [0.5, 0.6) is 0 Å². The van der Waals surface area contributed by atoms with Crippen molar-refractivity contribution in [3.63, 3.8) is 0 Å². The molecule has 0 saturated carbocycles. The SMILES string of the molecule is O=S(=O)(NCc1cc(Br)cs1)c1c(F)cc(F)cc1F. The van der Waals surface area contributed by atoms with Crippen LogP contribution in [0.15, 0.2) is 32.9 Å². The first-order chi connectivity index (χ1) is 9.29. The van der Waals surface area contributed by atoms with E-state index in [4.69, 9.17) is 0 Å². The average Bonchev–Trinajstić information content (AvgIpc) is 2.71. The van der Waals surface area contributed by atoms with Crippen LogP contribution >= 0.6 is 27.3 Å². The summed E-state index contributed by atoms with van der Waals surface area (Å²) < 4.78 is 66.1. The van der Waals surface area contributed by atoms with Crippen LogP contribution in [-0.2, 0) is 16.6 Å². The van der Waals surface area contributed by atoms with Gasteiger partial charge in [0, 0.05) is 33.4 Å². The molecule has 108 valence electrons. The largest absolute Gasteiger partial charge is 0.246 e. The lowest BCUT2D eigenvalue weighted by Gasteiger charge is -2.08. The van der Waals surface area contributed by atoms with E-state index in [1.807, 2.05) is 0 Å². The summed E-state index contributed by atoms with van der Waals surface area (Å²) in [5.74, 6) is -4.12. The minimum absolute atomic E-state index is 0.116. The molecule has 1 aromatic heterocycles. The number of hydrogen-bond donors (Lipinski definition) is 1. The maximum Gasteiger partial charge on any atom is 0.246 e. The van der Waals surface area contributed by atoms with E-state index < -0.39 is 32.4 Å². The molecule has 0 amide bonds. The van der Waals surface area contributed by atoms with Crippen molar-refractivity contribution in [3.05, 3.63) is 50.4 Å². The van der Waals surface area contributed by atoms with Crippen molar-refractivity contribution in [2.75, 3.05) is 0 Å². The van der Waals surface area contributed by atoms with E-state index in [1.165, 1.54) is 11.3 Å². The van der Waals surface area contributed by atoms with Crippen LogP contribution in [0.25, 0.3) is 0 Å². The van der Waals surface area contributed by atoms with Crippen molar-refractivity contribution >= 4 is 37.3 Å². The maximum atomic E-state index is 13.4. The predicted octanol–water partition coefficient (Wildman–Crippen LogP) is 3.41. The Morgan fingerprint density at radius 2 is 1.75 bits per heavy atom. The summed E-state index contributed by atoms with van der Waals surface area (Å²) in [6, 6.07) is 2.31. The van der Waals surface area contributed by atoms with Gasteiger partial charge in [-0.25, -0.2) is 26.3 Å². The summed E-state index contributed by atoms with van der Waals surface area (Å²) in [5, 5.41) is 1.74. The molecule has 0 aliphatic heterocycles. The molecule has 2 rings (SSSR count). The van der Waals surface area contributed by atoms with Crippen molar-refractivity contribution in [2.24, 2.45) is 0 Å². The van der Waals surface area contributed by atoms with Crippen molar-refractivity contribution in [1.82, 2.24) is 4.72 Å².